The molecule has 6 nitrogen and oxygen atoms in total. The fourth-order valence-electron chi connectivity index (χ4n) is 4.37. The van der Waals surface area contributed by atoms with Crippen molar-refractivity contribution in [2.24, 2.45) is 7.05 Å². The molecule has 0 saturated heterocycles. The maximum absolute atomic E-state index is 13.7. The Bertz CT molecular complexity index is 1390. The summed E-state index contributed by atoms with van der Waals surface area (Å²) >= 11 is 9.65. The largest absolute Gasteiger partial charge is 0.324 e. The second-order valence-electron chi connectivity index (χ2n) is 8.18. The number of hydrogen-bond donors (Lipinski definition) is 0. The van der Waals surface area contributed by atoms with Crippen LogP contribution in [0.15, 0.2) is 65.4 Å². The molecule has 0 saturated carbocycles. The van der Waals surface area contributed by atoms with Gasteiger partial charge in [0.25, 0.3) is 5.91 Å². The number of halogens is 2. The molecule has 0 N–H and O–H groups in total. The van der Waals surface area contributed by atoms with E-state index >= 15 is 0 Å². The number of carbonyl (C=O) groups is 2. The Morgan fingerprint density at radius 3 is 2.76 bits per heavy atom. The number of amides is 1. The predicted octanol–water partition coefficient (Wildman–Crippen LogP) is 4.76. The van der Waals surface area contributed by atoms with Gasteiger partial charge in [0, 0.05) is 54.3 Å². The van der Waals surface area contributed by atoms with E-state index in [1.165, 1.54) is 0 Å². The summed E-state index contributed by atoms with van der Waals surface area (Å²) in [6, 6.07) is 16.1. The number of carbonyl (C=O) groups excluding carboxylic acids is 2. The van der Waals surface area contributed by atoms with Crippen molar-refractivity contribution in [3.63, 3.8) is 0 Å². The Morgan fingerprint density at radius 2 is 1.97 bits per heavy atom. The first-order valence-corrected chi connectivity index (χ1v) is 11.7. The molecule has 0 fully saturated rings. The van der Waals surface area contributed by atoms with E-state index in [0.29, 0.717) is 29.1 Å². The van der Waals surface area contributed by atoms with Crippen LogP contribution in [0.25, 0.3) is 10.9 Å². The van der Waals surface area contributed by atoms with Gasteiger partial charge in [-0.15, -0.1) is 0 Å². The van der Waals surface area contributed by atoms with Crippen molar-refractivity contribution in [1.29, 1.82) is 0 Å². The minimum Gasteiger partial charge on any atom is -0.324 e. The molecule has 33 heavy (non-hydrogen) atoms. The number of fused-ring (bicyclic) bond motifs is 2. The summed E-state index contributed by atoms with van der Waals surface area (Å²) in [5.74, 6) is -0.209. The van der Waals surface area contributed by atoms with Crippen molar-refractivity contribution in [3.8, 4) is 0 Å². The van der Waals surface area contributed by atoms with E-state index in [4.69, 9.17) is 11.6 Å². The molecule has 1 aliphatic rings. The quantitative estimate of drug-likeness (QED) is 0.387. The van der Waals surface area contributed by atoms with Gasteiger partial charge >= 0.3 is 0 Å². The van der Waals surface area contributed by atoms with Crippen molar-refractivity contribution in [1.82, 2.24) is 19.7 Å². The Labute approximate surface area is 204 Å². The molecule has 1 atom stereocenters. The van der Waals surface area contributed by atoms with E-state index < -0.39 is 6.04 Å². The van der Waals surface area contributed by atoms with Crippen LogP contribution in [0.2, 0.25) is 5.02 Å². The van der Waals surface area contributed by atoms with Crippen LogP contribution in [0.5, 0.6) is 0 Å². The number of pyridine rings is 1. The molecular weight excluding hydrogens is 504 g/mol. The lowest BCUT2D eigenvalue weighted by molar-refractivity contribution is -0.122. The van der Waals surface area contributed by atoms with Crippen LogP contribution in [-0.4, -0.2) is 37.4 Å². The normalized spacial score (nSPS) is 16.2. The standard InChI is InChI=1S/C25H20BrClN4O2/c1-30-21-10-15(5-7-20(21)24(26)29-30)14-31-22(13-18-4-2-3-9-28-18)23(32)12-16-11-17(27)6-8-19(16)25(31)33/h2-11,22H,12-14H2,1H3/t22-/m1/s1. The minimum absolute atomic E-state index is 0.0284. The molecule has 5 rings (SSSR count). The van der Waals surface area contributed by atoms with E-state index in [9.17, 15) is 9.59 Å². The van der Waals surface area contributed by atoms with Crippen molar-refractivity contribution in [3.05, 3.63) is 92.8 Å². The van der Waals surface area contributed by atoms with Crippen LogP contribution >= 0.6 is 27.5 Å². The number of rotatable bonds is 4. The molecule has 0 unspecified atom stereocenters. The van der Waals surface area contributed by atoms with Gasteiger partial charge < -0.3 is 4.90 Å². The van der Waals surface area contributed by atoms with Gasteiger partial charge in [-0.25, -0.2) is 0 Å². The first-order valence-electron chi connectivity index (χ1n) is 10.5. The van der Waals surface area contributed by atoms with Gasteiger partial charge in [-0.1, -0.05) is 23.7 Å². The molecule has 0 spiro atoms. The highest BCUT2D eigenvalue weighted by molar-refractivity contribution is 9.10. The number of benzene rings is 2. The number of Topliss-reactive ketones (excluding diaryl/α,β-unsaturated/α-hetero) is 1. The molecule has 2 aromatic carbocycles. The third kappa shape index (κ3) is 4.18. The maximum atomic E-state index is 13.7. The van der Waals surface area contributed by atoms with Crippen molar-refractivity contribution in [2.75, 3.05) is 0 Å². The monoisotopic (exact) mass is 522 g/mol. The highest BCUT2D eigenvalue weighted by Gasteiger charge is 2.35. The third-order valence-electron chi connectivity index (χ3n) is 6.02. The van der Waals surface area contributed by atoms with E-state index in [1.54, 1.807) is 34.0 Å². The summed E-state index contributed by atoms with van der Waals surface area (Å²) in [5.41, 5.74) is 3.81. The molecule has 1 aliphatic heterocycles. The molecular formula is C25H20BrClN4O2. The molecule has 8 heteroatoms. The number of ketones is 1. The van der Waals surface area contributed by atoms with Gasteiger partial charge in [0.05, 0.1) is 11.6 Å². The molecule has 2 aromatic heterocycles. The van der Waals surface area contributed by atoms with Crippen LogP contribution in [0, 0.1) is 0 Å². The summed E-state index contributed by atoms with van der Waals surface area (Å²) < 4.78 is 2.56. The van der Waals surface area contributed by atoms with Gasteiger partial charge in [-0.2, -0.15) is 5.10 Å². The topological polar surface area (TPSA) is 68.1 Å². The molecule has 0 bridgehead atoms. The first kappa shape index (κ1) is 21.8. The SMILES string of the molecule is Cn1nc(Br)c2ccc(CN3C(=O)c4ccc(Cl)cc4CC(=O)[C@H]3Cc3ccccn3)cc21. The lowest BCUT2D eigenvalue weighted by atomic mass is 9.99. The summed E-state index contributed by atoms with van der Waals surface area (Å²) in [7, 11) is 1.88. The fourth-order valence-corrected chi connectivity index (χ4v) is 5.14. The molecule has 4 aromatic rings. The highest BCUT2D eigenvalue weighted by atomic mass is 79.9. The summed E-state index contributed by atoms with van der Waals surface area (Å²) in [4.78, 5) is 33.2. The summed E-state index contributed by atoms with van der Waals surface area (Å²) in [6.07, 6.45) is 2.21. The Kier molecular flexibility index (Phi) is 5.76. The van der Waals surface area contributed by atoms with Crippen LogP contribution < -0.4 is 0 Å². The van der Waals surface area contributed by atoms with E-state index in [-0.39, 0.29) is 18.1 Å². The number of nitrogens with zero attached hydrogens (tertiary/aromatic N) is 4. The number of aryl methyl sites for hydroxylation is 1. The van der Waals surface area contributed by atoms with Crippen molar-refractivity contribution >= 4 is 50.1 Å². The lowest BCUT2D eigenvalue weighted by Crippen LogP contribution is -2.44. The number of aromatic nitrogens is 3. The summed E-state index contributed by atoms with van der Waals surface area (Å²) in [5, 5.41) is 5.91. The third-order valence-corrected chi connectivity index (χ3v) is 6.84. The molecule has 3 heterocycles. The average Bonchev–Trinajstić information content (AvgIpc) is 3.04. The lowest BCUT2D eigenvalue weighted by Gasteiger charge is -2.29. The maximum Gasteiger partial charge on any atom is 0.255 e. The van der Waals surface area contributed by atoms with E-state index in [0.717, 1.165) is 26.8 Å². The molecule has 166 valence electrons. The zero-order valence-electron chi connectivity index (χ0n) is 17.8. The first-order chi connectivity index (χ1) is 15.9. The summed E-state index contributed by atoms with van der Waals surface area (Å²) in [6.45, 7) is 0.295. The fraction of sp³-hybridized carbons (Fsp3) is 0.200. The van der Waals surface area contributed by atoms with E-state index in [2.05, 4.69) is 26.0 Å². The van der Waals surface area contributed by atoms with Gasteiger partial charge in [-0.3, -0.25) is 19.3 Å². The molecule has 1 amide bonds. The Balaban J connectivity index is 1.57. The van der Waals surface area contributed by atoms with Gasteiger partial charge in [0.15, 0.2) is 5.78 Å². The second kappa shape index (κ2) is 8.72. The van der Waals surface area contributed by atoms with Crippen molar-refractivity contribution in [2.45, 2.75) is 25.4 Å². The number of hydrogen-bond acceptors (Lipinski definition) is 4. The molecule has 0 aliphatic carbocycles. The van der Waals surface area contributed by atoms with Crippen LogP contribution in [0.1, 0.15) is 27.2 Å². The Morgan fingerprint density at radius 1 is 1.12 bits per heavy atom. The molecule has 0 radical (unpaired) electrons. The zero-order valence-corrected chi connectivity index (χ0v) is 20.2. The highest BCUT2D eigenvalue weighted by Crippen LogP contribution is 2.28. The minimum atomic E-state index is -0.632. The Hall–Kier alpha value is -3.03. The van der Waals surface area contributed by atoms with Crippen LogP contribution in [-0.2, 0) is 31.2 Å². The second-order valence-corrected chi connectivity index (χ2v) is 9.37. The average molecular weight is 524 g/mol. The smallest absolute Gasteiger partial charge is 0.255 e. The van der Waals surface area contributed by atoms with Crippen LogP contribution in [0.4, 0.5) is 0 Å². The van der Waals surface area contributed by atoms with Gasteiger partial charge in [0.1, 0.15) is 4.60 Å². The van der Waals surface area contributed by atoms with Gasteiger partial charge in [-0.05, 0) is 69.5 Å². The van der Waals surface area contributed by atoms with Crippen molar-refractivity contribution < 1.29 is 9.59 Å². The van der Waals surface area contributed by atoms with E-state index in [1.807, 2.05) is 43.4 Å². The van der Waals surface area contributed by atoms with Gasteiger partial charge in [0.2, 0.25) is 0 Å². The van der Waals surface area contributed by atoms with Crippen LogP contribution in [0.3, 0.4) is 0 Å². The zero-order chi connectivity index (χ0) is 23.1. The predicted molar refractivity (Wildman–Crippen MR) is 130 cm³/mol.